The molecule has 29 heavy (non-hydrogen) atoms. The molecule has 0 radical (unpaired) electrons. The summed E-state index contributed by atoms with van der Waals surface area (Å²) < 4.78 is 6.09. The van der Waals surface area contributed by atoms with E-state index in [4.69, 9.17) is 9.73 Å². The Morgan fingerprint density at radius 3 is 2.72 bits per heavy atom. The molecule has 0 spiro atoms. The number of hydrogen-bond donors (Lipinski definition) is 1. The predicted octanol–water partition coefficient (Wildman–Crippen LogP) is 5.60. The first-order valence-corrected chi connectivity index (χ1v) is 10.7. The van der Waals surface area contributed by atoms with E-state index >= 15 is 0 Å². The third-order valence-electron chi connectivity index (χ3n) is 4.89. The Morgan fingerprint density at radius 2 is 1.79 bits per heavy atom. The Bertz CT molecular complexity index is 1160. The third-order valence-corrected chi connectivity index (χ3v) is 5.91. The number of nitrogens with one attached hydrogen (secondary N) is 1. The summed E-state index contributed by atoms with van der Waals surface area (Å²) in [6.07, 6.45) is 0.750. The van der Waals surface area contributed by atoms with Crippen LogP contribution in [0.15, 0.2) is 81.9 Å². The smallest absolute Gasteiger partial charge is 0.276 e. The fourth-order valence-electron chi connectivity index (χ4n) is 3.54. The lowest BCUT2D eigenvalue weighted by atomic mass is 10.0. The predicted molar refractivity (Wildman–Crippen MR) is 122 cm³/mol. The van der Waals surface area contributed by atoms with Crippen molar-refractivity contribution in [1.29, 1.82) is 0 Å². The van der Waals surface area contributed by atoms with Gasteiger partial charge in [0.05, 0.1) is 0 Å². The molecule has 2 heterocycles. The number of fused-ring (bicyclic) bond motifs is 4. The molecule has 2 aliphatic rings. The van der Waals surface area contributed by atoms with Crippen molar-refractivity contribution in [2.45, 2.75) is 19.5 Å². The van der Waals surface area contributed by atoms with Crippen molar-refractivity contribution >= 4 is 45.1 Å². The number of rotatable bonds is 3. The average Bonchev–Trinajstić information content (AvgIpc) is 2.93. The second-order valence-corrected chi connectivity index (χ2v) is 7.91. The van der Waals surface area contributed by atoms with Gasteiger partial charge in [-0.15, -0.1) is 10.2 Å². The van der Waals surface area contributed by atoms with E-state index in [0.29, 0.717) is 16.8 Å². The third kappa shape index (κ3) is 3.40. The van der Waals surface area contributed by atoms with Gasteiger partial charge in [0, 0.05) is 22.6 Å². The minimum absolute atomic E-state index is 0.291. The molecule has 0 bridgehead atoms. The summed E-state index contributed by atoms with van der Waals surface area (Å²) >= 11 is 1.56. The molecule has 1 unspecified atom stereocenters. The fourth-order valence-corrected chi connectivity index (χ4v) is 4.15. The maximum atomic E-state index is 6.09. The zero-order chi connectivity index (χ0) is 19.6. The zero-order valence-corrected chi connectivity index (χ0v) is 16.8. The second kappa shape index (κ2) is 7.72. The summed E-state index contributed by atoms with van der Waals surface area (Å²) in [6.45, 7) is 2.13. The summed E-state index contributed by atoms with van der Waals surface area (Å²) in [5.41, 5.74) is 3.67. The molecule has 0 fully saturated rings. The number of aliphatic imine (C=N–C) groups is 1. The second-order valence-electron chi connectivity index (χ2n) is 6.86. The average molecular weight is 401 g/mol. The number of nitrogens with zero attached hydrogens (tertiary/aromatic N) is 3. The summed E-state index contributed by atoms with van der Waals surface area (Å²) in [6, 6.07) is 22.7. The zero-order valence-electron chi connectivity index (χ0n) is 16.0. The van der Waals surface area contributed by atoms with Crippen molar-refractivity contribution in [2.24, 2.45) is 15.2 Å². The van der Waals surface area contributed by atoms with Gasteiger partial charge in [0.25, 0.3) is 5.23 Å². The van der Waals surface area contributed by atoms with Gasteiger partial charge in [0.15, 0.2) is 5.71 Å². The highest BCUT2D eigenvalue weighted by molar-refractivity contribution is 8.13. The first-order chi connectivity index (χ1) is 14.3. The molecule has 0 saturated heterocycles. The molecule has 5 rings (SSSR count). The highest BCUT2D eigenvalue weighted by atomic mass is 32.2. The van der Waals surface area contributed by atoms with E-state index in [0.717, 1.165) is 29.0 Å². The minimum atomic E-state index is -0.291. The SMILES string of the molecule is CCCSC1=NN=C2C(=NC(c3cccc4ccccc34)Nc3ccccc32)O1. The van der Waals surface area contributed by atoms with Gasteiger partial charge in [-0.3, -0.25) is 0 Å². The van der Waals surface area contributed by atoms with E-state index in [1.54, 1.807) is 11.8 Å². The Balaban J connectivity index is 1.64. The Labute approximate surface area is 173 Å². The minimum Gasteiger partial charge on any atom is -0.411 e. The summed E-state index contributed by atoms with van der Waals surface area (Å²) in [5, 5.41) is 15.2. The monoisotopic (exact) mass is 400 g/mol. The van der Waals surface area contributed by atoms with Gasteiger partial charge < -0.3 is 10.1 Å². The van der Waals surface area contributed by atoms with Crippen LogP contribution < -0.4 is 5.32 Å². The first kappa shape index (κ1) is 17.9. The van der Waals surface area contributed by atoms with Gasteiger partial charge in [-0.1, -0.05) is 79.3 Å². The molecule has 1 N–H and O–H groups in total. The number of hydrogen-bond acceptors (Lipinski definition) is 6. The van der Waals surface area contributed by atoms with Crippen LogP contribution in [0.4, 0.5) is 5.69 Å². The normalized spacial score (nSPS) is 17.7. The quantitative estimate of drug-likeness (QED) is 0.623. The molecule has 0 aromatic heterocycles. The number of thioether (sulfide) groups is 1. The van der Waals surface area contributed by atoms with Crippen LogP contribution in [0.5, 0.6) is 0 Å². The lowest BCUT2D eigenvalue weighted by Gasteiger charge is -2.18. The molecule has 2 aliphatic heterocycles. The highest BCUT2D eigenvalue weighted by Gasteiger charge is 2.29. The summed E-state index contributed by atoms with van der Waals surface area (Å²) in [4.78, 5) is 4.95. The molecule has 3 aromatic rings. The number of benzene rings is 3. The van der Waals surface area contributed by atoms with Crippen molar-refractivity contribution in [1.82, 2.24) is 0 Å². The topological polar surface area (TPSA) is 58.3 Å². The number of anilines is 1. The van der Waals surface area contributed by atoms with Crippen LogP contribution in [0.25, 0.3) is 10.8 Å². The van der Waals surface area contributed by atoms with Crippen LogP contribution in [-0.2, 0) is 4.74 Å². The molecular weight excluding hydrogens is 380 g/mol. The van der Waals surface area contributed by atoms with Crippen molar-refractivity contribution < 1.29 is 4.74 Å². The Kier molecular flexibility index (Phi) is 4.77. The van der Waals surface area contributed by atoms with Gasteiger partial charge in [0.2, 0.25) is 5.90 Å². The number of para-hydroxylation sites is 1. The van der Waals surface area contributed by atoms with Crippen molar-refractivity contribution in [3.05, 3.63) is 77.9 Å². The fraction of sp³-hybridized carbons (Fsp3) is 0.174. The van der Waals surface area contributed by atoms with E-state index in [2.05, 4.69) is 64.9 Å². The highest BCUT2D eigenvalue weighted by Crippen LogP contribution is 2.33. The van der Waals surface area contributed by atoms with Crippen molar-refractivity contribution in [3.63, 3.8) is 0 Å². The van der Waals surface area contributed by atoms with E-state index in [9.17, 15) is 0 Å². The largest absolute Gasteiger partial charge is 0.411 e. The molecule has 144 valence electrons. The summed E-state index contributed by atoms with van der Waals surface area (Å²) in [5.74, 6) is 1.44. The van der Waals surface area contributed by atoms with Crippen LogP contribution in [0.3, 0.4) is 0 Å². The molecule has 0 saturated carbocycles. The van der Waals surface area contributed by atoms with Gasteiger partial charge in [-0.05, 0) is 23.3 Å². The van der Waals surface area contributed by atoms with Crippen molar-refractivity contribution in [2.75, 3.05) is 11.1 Å². The molecule has 6 heteroatoms. The molecule has 3 aromatic carbocycles. The van der Waals surface area contributed by atoms with Crippen LogP contribution in [0.2, 0.25) is 0 Å². The standard InChI is InChI=1S/C23H20N4OS/c1-2-14-29-23-27-26-20-18-11-5-6-13-19(18)24-21(25-22(20)28-23)17-12-7-9-15-8-3-4-10-16(15)17/h3-13,21,24H,2,14H2,1H3. The van der Waals surface area contributed by atoms with Crippen LogP contribution >= 0.6 is 11.8 Å². The summed E-state index contributed by atoms with van der Waals surface area (Å²) in [7, 11) is 0. The van der Waals surface area contributed by atoms with E-state index in [-0.39, 0.29) is 6.17 Å². The molecule has 1 atom stereocenters. The Hall–Kier alpha value is -3.12. The van der Waals surface area contributed by atoms with Crippen LogP contribution in [-0.4, -0.2) is 22.6 Å². The van der Waals surface area contributed by atoms with Crippen LogP contribution in [0, 0.1) is 0 Å². The van der Waals surface area contributed by atoms with Crippen LogP contribution in [0.1, 0.15) is 30.6 Å². The molecule has 0 aliphatic carbocycles. The molecule has 0 amide bonds. The maximum absolute atomic E-state index is 6.09. The van der Waals surface area contributed by atoms with E-state index in [1.165, 1.54) is 10.8 Å². The lowest BCUT2D eigenvalue weighted by Crippen LogP contribution is -2.24. The maximum Gasteiger partial charge on any atom is 0.276 e. The first-order valence-electron chi connectivity index (χ1n) is 9.71. The molecular formula is C23H20N4OS. The Morgan fingerprint density at radius 1 is 0.966 bits per heavy atom. The van der Waals surface area contributed by atoms with E-state index in [1.807, 2.05) is 24.3 Å². The van der Waals surface area contributed by atoms with Gasteiger partial charge >= 0.3 is 0 Å². The van der Waals surface area contributed by atoms with Gasteiger partial charge in [-0.2, -0.15) is 0 Å². The molecule has 5 nitrogen and oxygen atoms in total. The number of ether oxygens (including phenoxy) is 1. The van der Waals surface area contributed by atoms with Gasteiger partial charge in [-0.25, -0.2) is 4.99 Å². The van der Waals surface area contributed by atoms with E-state index < -0.39 is 0 Å². The lowest BCUT2D eigenvalue weighted by molar-refractivity contribution is 0.553. The van der Waals surface area contributed by atoms with Gasteiger partial charge in [0.1, 0.15) is 6.17 Å². The van der Waals surface area contributed by atoms with Crippen molar-refractivity contribution in [3.8, 4) is 0 Å².